The van der Waals surface area contributed by atoms with E-state index in [2.05, 4.69) is 0 Å². The van der Waals surface area contributed by atoms with E-state index in [1.165, 1.54) is 30.3 Å². The molecule has 6 heteroatoms. The first kappa shape index (κ1) is 15.3. The van der Waals surface area contributed by atoms with Crippen LogP contribution < -0.4 is 0 Å². The second-order valence-corrected chi connectivity index (χ2v) is 5.50. The summed E-state index contributed by atoms with van der Waals surface area (Å²) in [5.74, 6) is -0.385. The fraction of sp³-hybridized carbons (Fsp3) is 0. The van der Waals surface area contributed by atoms with E-state index in [1.807, 2.05) is 0 Å². The molecule has 0 radical (unpaired) electrons. The third-order valence-electron chi connectivity index (χ3n) is 2.68. The average Bonchev–Trinajstić information content (AvgIpc) is 2.44. The van der Waals surface area contributed by atoms with Crippen molar-refractivity contribution in [1.29, 1.82) is 0 Å². The van der Waals surface area contributed by atoms with E-state index in [1.54, 1.807) is 0 Å². The monoisotopic (exact) mass is 346 g/mol. The Labute approximate surface area is 135 Å². The molecule has 102 valence electrons. The molecule has 0 N–H and O–H groups in total. The van der Waals surface area contributed by atoms with Crippen molar-refractivity contribution in [1.82, 2.24) is 0 Å². The average molecular weight is 348 g/mol. The predicted octanol–water partition coefficient (Wildman–Crippen LogP) is 5.34. The molecule has 0 fully saturated rings. The van der Waals surface area contributed by atoms with Gasteiger partial charge in [0.05, 0.1) is 20.1 Å². The summed E-state index contributed by atoms with van der Waals surface area (Å²) in [7, 11) is 0. The standard InChI is InChI=1S/C14H6Cl4O2/c15-10-3-1-7(5-12(10)17)14(20)8-2-4-11(16)13(18)9(8)6-19/h1-6H. The number of aldehydes is 1. The molecule has 0 heterocycles. The van der Waals surface area contributed by atoms with Crippen LogP contribution in [0, 0.1) is 0 Å². The summed E-state index contributed by atoms with van der Waals surface area (Å²) in [6.07, 6.45) is 0.499. The molecule has 0 unspecified atom stereocenters. The molecule has 2 aromatic carbocycles. The van der Waals surface area contributed by atoms with Gasteiger partial charge in [-0.15, -0.1) is 0 Å². The molecule has 2 rings (SSSR count). The van der Waals surface area contributed by atoms with E-state index in [-0.39, 0.29) is 32.0 Å². The Kier molecular flexibility index (Phi) is 4.71. The van der Waals surface area contributed by atoms with Crippen LogP contribution in [0.4, 0.5) is 0 Å². The number of benzene rings is 2. The van der Waals surface area contributed by atoms with E-state index in [4.69, 9.17) is 46.4 Å². The van der Waals surface area contributed by atoms with Gasteiger partial charge in [-0.2, -0.15) is 0 Å². The van der Waals surface area contributed by atoms with Crippen LogP contribution in [0.1, 0.15) is 26.3 Å². The minimum absolute atomic E-state index is 0.0487. The zero-order valence-electron chi connectivity index (χ0n) is 9.79. The molecule has 0 aliphatic rings. The number of hydrogen-bond acceptors (Lipinski definition) is 2. The van der Waals surface area contributed by atoms with Crippen LogP contribution in [0.5, 0.6) is 0 Å². The number of halogens is 4. The van der Waals surface area contributed by atoms with Gasteiger partial charge >= 0.3 is 0 Å². The van der Waals surface area contributed by atoms with Crippen molar-refractivity contribution in [3.8, 4) is 0 Å². The van der Waals surface area contributed by atoms with Crippen LogP contribution in [-0.4, -0.2) is 12.1 Å². The Morgan fingerprint density at radius 3 is 2.15 bits per heavy atom. The number of carbonyl (C=O) groups is 2. The van der Waals surface area contributed by atoms with Gasteiger partial charge in [-0.1, -0.05) is 46.4 Å². The van der Waals surface area contributed by atoms with Crippen LogP contribution in [-0.2, 0) is 0 Å². The van der Waals surface area contributed by atoms with Gasteiger partial charge in [-0.25, -0.2) is 0 Å². The first-order valence-corrected chi connectivity index (χ1v) is 6.90. The molecule has 0 saturated carbocycles. The number of hydrogen-bond donors (Lipinski definition) is 0. The predicted molar refractivity (Wildman–Crippen MR) is 81.7 cm³/mol. The minimum Gasteiger partial charge on any atom is -0.298 e. The molecule has 0 spiro atoms. The fourth-order valence-corrected chi connectivity index (χ4v) is 2.34. The van der Waals surface area contributed by atoms with Crippen LogP contribution in [0.25, 0.3) is 0 Å². The Hall–Kier alpha value is -1.06. The molecule has 0 aromatic heterocycles. The van der Waals surface area contributed by atoms with Crippen LogP contribution in [0.3, 0.4) is 0 Å². The van der Waals surface area contributed by atoms with Gasteiger partial charge in [0, 0.05) is 16.7 Å². The smallest absolute Gasteiger partial charge is 0.193 e. The Balaban J connectivity index is 2.56. The summed E-state index contributed by atoms with van der Waals surface area (Å²) in [4.78, 5) is 23.5. The maximum atomic E-state index is 12.4. The molecule has 0 aliphatic heterocycles. The Morgan fingerprint density at radius 1 is 0.900 bits per heavy atom. The lowest BCUT2D eigenvalue weighted by Gasteiger charge is -2.08. The number of carbonyl (C=O) groups excluding carboxylic acids is 2. The summed E-state index contributed by atoms with van der Waals surface area (Å²) in [6.45, 7) is 0. The highest BCUT2D eigenvalue weighted by Gasteiger charge is 2.18. The summed E-state index contributed by atoms with van der Waals surface area (Å²) in [5, 5.41) is 0.852. The molecular weight excluding hydrogens is 342 g/mol. The van der Waals surface area contributed by atoms with Gasteiger partial charge in [0.15, 0.2) is 12.1 Å². The number of rotatable bonds is 3. The van der Waals surface area contributed by atoms with Gasteiger partial charge in [-0.05, 0) is 30.3 Å². The zero-order valence-corrected chi connectivity index (χ0v) is 12.8. The first-order valence-electron chi connectivity index (χ1n) is 5.38. The maximum Gasteiger partial charge on any atom is 0.193 e. The van der Waals surface area contributed by atoms with Crippen molar-refractivity contribution in [2.45, 2.75) is 0 Å². The van der Waals surface area contributed by atoms with E-state index >= 15 is 0 Å². The summed E-state index contributed by atoms with van der Waals surface area (Å²) in [5.41, 5.74) is 0.518. The summed E-state index contributed by atoms with van der Waals surface area (Å²) < 4.78 is 0. The van der Waals surface area contributed by atoms with Crippen LogP contribution >= 0.6 is 46.4 Å². The highest BCUT2D eigenvalue weighted by molar-refractivity contribution is 6.44. The zero-order chi connectivity index (χ0) is 14.9. The summed E-state index contributed by atoms with van der Waals surface area (Å²) in [6, 6.07) is 7.37. The Morgan fingerprint density at radius 2 is 1.55 bits per heavy atom. The number of ketones is 1. The van der Waals surface area contributed by atoms with Gasteiger partial charge < -0.3 is 0 Å². The fourth-order valence-electron chi connectivity index (χ4n) is 1.67. The van der Waals surface area contributed by atoms with Crippen molar-refractivity contribution in [2.24, 2.45) is 0 Å². The van der Waals surface area contributed by atoms with Gasteiger partial charge in [0.1, 0.15) is 0 Å². The van der Waals surface area contributed by atoms with Crippen LogP contribution in [0.2, 0.25) is 20.1 Å². The molecule has 2 nitrogen and oxygen atoms in total. The third kappa shape index (κ3) is 2.84. The first-order chi connectivity index (χ1) is 9.45. The SMILES string of the molecule is O=Cc1c(C(=O)c2ccc(Cl)c(Cl)c2)ccc(Cl)c1Cl. The third-order valence-corrected chi connectivity index (χ3v) is 4.23. The molecule has 20 heavy (non-hydrogen) atoms. The molecule has 0 bridgehead atoms. The molecule has 0 aliphatic carbocycles. The topological polar surface area (TPSA) is 34.1 Å². The molecular formula is C14H6Cl4O2. The van der Waals surface area contributed by atoms with E-state index < -0.39 is 0 Å². The van der Waals surface area contributed by atoms with Crippen molar-refractivity contribution in [3.63, 3.8) is 0 Å². The Bertz CT molecular complexity index is 711. The molecule has 0 saturated heterocycles. The van der Waals surface area contributed by atoms with E-state index in [0.717, 1.165) is 0 Å². The highest BCUT2D eigenvalue weighted by atomic mass is 35.5. The normalized spacial score (nSPS) is 10.4. The molecule has 0 amide bonds. The molecule has 0 atom stereocenters. The van der Waals surface area contributed by atoms with Gasteiger partial charge in [0.2, 0.25) is 0 Å². The lowest BCUT2D eigenvalue weighted by Crippen LogP contribution is -2.06. The van der Waals surface area contributed by atoms with Gasteiger partial charge in [0.25, 0.3) is 0 Å². The minimum atomic E-state index is -0.385. The van der Waals surface area contributed by atoms with E-state index in [9.17, 15) is 9.59 Å². The van der Waals surface area contributed by atoms with Crippen molar-refractivity contribution in [2.75, 3.05) is 0 Å². The maximum absolute atomic E-state index is 12.4. The second kappa shape index (κ2) is 6.15. The molecule has 2 aromatic rings. The quantitative estimate of drug-likeness (QED) is 0.554. The lowest BCUT2D eigenvalue weighted by atomic mass is 9.99. The van der Waals surface area contributed by atoms with Crippen molar-refractivity contribution in [3.05, 3.63) is 67.1 Å². The summed E-state index contributed by atoms with van der Waals surface area (Å²) >= 11 is 23.4. The lowest BCUT2D eigenvalue weighted by molar-refractivity contribution is 0.102. The van der Waals surface area contributed by atoms with Gasteiger partial charge in [-0.3, -0.25) is 9.59 Å². The van der Waals surface area contributed by atoms with Crippen LogP contribution in [0.15, 0.2) is 30.3 Å². The highest BCUT2D eigenvalue weighted by Crippen LogP contribution is 2.30. The van der Waals surface area contributed by atoms with Crippen molar-refractivity contribution >= 4 is 58.5 Å². The second-order valence-electron chi connectivity index (χ2n) is 3.90. The van der Waals surface area contributed by atoms with Crippen molar-refractivity contribution < 1.29 is 9.59 Å². The largest absolute Gasteiger partial charge is 0.298 e. The van der Waals surface area contributed by atoms with E-state index in [0.29, 0.717) is 16.9 Å².